The Morgan fingerprint density at radius 2 is 2.00 bits per heavy atom. The molecule has 3 nitrogen and oxygen atoms in total. The predicted octanol–water partition coefficient (Wildman–Crippen LogP) is 2.09. The Hall–Kier alpha value is -1.22. The van der Waals surface area contributed by atoms with E-state index in [0.29, 0.717) is 12.5 Å². The molecule has 2 rings (SSSR count). The van der Waals surface area contributed by atoms with Gasteiger partial charge in [-0.2, -0.15) is 0 Å². The van der Waals surface area contributed by atoms with Gasteiger partial charge < -0.3 is 14.6 Å². The molecule has 0 amide bonds. The second kappa shape index (κ2) is 5.21. The first-order valence-corrected chi connectivity index (χ1v) is 5.72. The Kier molecular flexibility index (Phi) is 3.67. The van der Waals surface area contributed by atoms with Gasteiger partial charge in [0.25, 0.3) is 0 Å². The minimum atomic E-state index is 0.208. The molecule has 0 bridgehead atoms. The van der Waals surface area contributed by atoms with Gasteiger partial charge in [0.2, 0.25) is 0 Å². The highest BCUT2D eigenvalue weighted by Crippen LogP contribution is 2.37. The summed E-state index contributed by atoms with van der Waals surface area (Å²) >= 11 is 0. The van der Waals surface area contributed by atoms with Crippen LogP contribution in [0.1, 0.15) is 12.8 Å². The molecule has 16 heavy (non-hydrogen) atoms. The zero-order valence-corrected chi connectivity index (χ0v) is 9.56. The molecule has 0 saturated heterocycles. The highest BCUT2D eigenvalue weighted by Gasteiger charge is 2.31. The van der Waals surface area contributed by atoms with Crippen molar-refractivity contribution in [2.24, 2.45) is 11.8 Å². The number of para-hydroxylation sites is 2. The number of hydrogen-bond donors (Lipinski definition) is 1. The molecule has 1 aromatic rings. The van der Waals surface area contributed by atoms with Crippen LogP contribution in [-0.4, -0.2) is 25.4 Å². The Morgan fingerprint density at radius 1 is 1.31 bits per heavy atom. The maximum absolute atomic E-state index is 9.23. The van der Waals surface area contributed by atoms with Crippen LogP contribution in [0.3, 0.4) is 0 Å². The molecule has 1 fully saturated rings. The van der Waals surface area contributed by atoms with Gasteiger partial charge in [-0.3, -0.25) is 0 Å². The Balaban J connectivity index is 1.92. The number of hydrogen-bond acceptors (Lipinski definition) is 3. The summed E-state index contributed by atoms with van der Waals surface area (Å²) < 4.78 is 10.9. The molecule has 3 heteroatoms. The molecule has 1 unspecified atom stereocenters. The summed E-state index contributed by atoms with van der Waals surface area (Å²) in [6.07, 6.45) is 2.45. The van der Waals surface area contributed by atoms with Gasteiger partial charge in [0.1, 0.15) is 0 Å². The standard InChI is InChI=1S/C13H18O3/c1-15-12-4-2-3-5-13(12)16-9-11(8-14)10-6-7-10/h2-5,10-11,14H,6-9H2,1H3. The van der Waals surface area contributed by atoms with Gasteiger partial charge in [0, 0.05) is 12.5 Å². The first kappa shape index (κ1) is 11.3. The van der Waals surface area contributed by atoms with Gasteiger partial charge in [-0.25, -0.2) is 0 Å². The van der Waals surface area contributed by atoms with Crippen LogP contribution < -0.4 is 9.47 Å². The summed E-state index contributed by atoms with van der Waals surface area (Å²) in [6.45, 7) is 0.779. The lowest BCUT2D eigenvalue weighted by molar-refractivity contribution is 0.145. The first-order valence-electron chi connectivity index (χ1n) is 5.72. The predicted molar refractivity (Wildman–Crippen MR) is 61.8 cm³/mol. The Morgan fingerprint density at radius 3 is 2.56 bits per heavy atom. The maximum Gasteiger partial charge on any atom is 0.161 e. The monoisotopic (exact) mass is 222 g/mol. The number of benzene rings is 1. The molecule has 0 aromatic heterocycles. The van der Waals surface area contributed by atoms with Gasteiger partial charge in [-0.1, -0.05) is 12.1 Å². The molecule has 0 spiro atoms. The van der Waals surface area contributed by atoms with Crippen LogP contribution in [0.25, 0.3) is 0 Å². The topological polar surface area (TPSA) is 38.7 Å². The molecule has 1 aliphatic rings. The molecule has 1 aliphatic carbocycles. The van der Waals surface area contributed by atoms with Crippen LogP contribution in [-0.2, 0) is 0 Å². The Labute approximate surface area is 96.0 Å². The van der Waals surface area contributed by atoms with E-state index in [2.05, 4.69) is 0 Å². The number of ether oxygens (including phenoxy) is 2. The fourth-order valence-electron chi connectivity index (χ4n) is 1.84. The second-order valence-corrected chi connectivity index (χ2v) is 4.24. The van der Waals surface area contributed by atoms with E-state index >= 15 is 0 Å². The summed E-state index contributed by atoms with van der Waals surface area (Å²) in [4.78, 5) is 0. The third-order valence-corrected chi connectivity index (χ3v) is 3.05. The van der Waals surface area contributed by atoms with Crippen molar-refractivity contribution in [2.45, 2.75) is 12.8 Å². The van der Waals surface area contributed by atoms with Gasteiger partial charge >= 0.3 is 0 Å². The van der Waals surface area contributed by atoms with E-state index < -0.39 is 0 Å². The van der Waals surface area contributed by atoms with Crippen LogP contribution in [0.15, 0.2) is 24.3 Å². The van der Waals surface area contributed by atoms with Gasteiger partial charge in [-0.05, 0) is 30.9 Å². The molecule has 0 heterocycles. The lowest BCUT2D eigenvalue weighted by atomic mass is 10.1. The van der Waals surface area contributed by atoms with Crippen molar-refractivity contribution in [1.29, 1.82) is 0 Å². The number of aliphatic hydroxyl groups excluding tert-OH is 1. The first-order chi connectivity index (χ1) is 7.85. The van der Waals surface area contributed by atoms with Crippen LogP contribution in [0.5, 0.6) is 11.5 Å². The van der Waals surface area contributed by atoms with E-state index in [0.717, 1.165) is 11.5 Å². The smallest absolute Gasteiger partial charge is 0.161 e. The van der Waals surface area contributed by atoms with Gasteiger partial charge in [-0.15, -0.1) is 0 Å². The van der Waals surface area contributed by atoms with Gasteiger partial charge in [0.15, 0.2) is 11.5 Å². The van der Waals surface area contributed by atoms with E-state index in [1.165, 1.54) is 12.8 Å². The summed E-state index contributed by atoms with van der Waals surface area (Å²) in [6, 6.07) is 7.60. The summed E-state index contributed by atoms with van der Waals surface area (Å²) in [5.74, 6) is 2.42. The molecule has 1 N–H and O–H groups in total. The quantitative estimate of drug-likeness (QED) is 0.801. The fourth-order valence-corrected chi connectivity index (χ4v) is 1.84. The third-order valence-electron chi connectivity index (χ3n) is 3.05. The largest absolute Gasteiger partial charge is 0.493 e. The van der Waals surface area contributed by atoms with Crippen molar-refractivity contribution in [3.8, 4) is 11.5 Å². The highest BCUT2D eigenvalue weighted by molar-refractivity contribution is 5.39. The summed E-state index contributed by atoms with van der Waals surface area (Å²) in [5.41, 5.74) is 0. The molecule has 1 saturated carbocycles. The SMILES string of the molecule is COc1ccccc1OCC(CO)C1CC1. The number of aliphatic hydroxyl groups is 1. The van der Waals surface area contributed by atoms with Crippen molar-refractivity contribution in [3.05, 3.63) is 24.3 Å². The van der Waals surface area contributed by atoms with E-state index in [1.807, 2.05) is 24.3 Å². The zero-order valence-electron chi connectivity index (χ0n) is 9.56. The second-order valence-electron chi connectivity index (χ2n) is 4.24. The fraction of sp³-hybridized carbons (Fsp3) is 0.538. The molecule has 1 atom stereocenters. The van der Waals surface area contributed by atoms with Crippen molar-refractivity contribution >= 4 is 0 Å². The zero-order chi connectivity index (χ0) is 11.4. The van der Waals surface area contributed by atoms with E-state index in [9.17, 15) is 5.11 Å². The van der Waals surface area contributed by atoms with E-state index in [4.69, 9.17) is 9.47 Å². The average Bonchev–Trinajstić information content (AvgIpc) is 3.15. The van der Waals surface area contributed by atoms with Crippen LogP contribution in [0.2, 0.25) is 0 Å². The maximum atomic E-state index is 9.23. The normalized spacial score (nSPS) is 16.9. The lowest BCUT2D eigenvalue weighted by Gasteiger charge is -2.15. The van der Waals surface area contributed by atoms with Crippen molar-refractivity contribution in [2.75, 3.05) is 20.3 Å². The van der Waals surface area contributed by atoms with Crippen molar-refractivity contribution in [3.63, 3.8) is 0 Å². The third kappa shape index (κ3) is 2.67. The minimum absolute atomic E-state index is 0.208. The van der Waals surface area contributed by atoms with E-state index in [-0.39, 0.29) is 12.5 Å². The van der Waals surface area contributed by atoms with E-state index in [1.54, 1.807) is 7.11 Å². The van der Waals surface area contributed by atoms with Crippen molar-refractivity contribution < 1.29 is 14.6 Å². The molecule has 1 aromatic carbocycles. The number of rotatable bonds is 6. The lowest BCUT2D eigenvalue weighted by Crippen LogP contribution is -2.18. The molecule has 0 aliphatic heterocycles. The van der Waals surface area contributed by atoms with Crippen LogP contribution >= 0.6 is 0 Å². The molecule has 0 radical (unpaired) electrons. The molecule has 88 valence electrons. The van der Waals surface area contributed by atoms with Crippen molar-refractivity contribution in [1.82, 2.24) is 0 Å². The number of methoxy groups -OCH3 is 1. The van der Waals surface area contributed by atoms with Crippen LogP contribution in [0, 0.1) is 11.8 Å². The Bertz CT molecular complexity index is 334. The highest BCUT2D eigenvalue weighted by atomic mass is 16.5. The molecular weight excluding hydrogens is 204 g/mol. The summed E-state index contributed by atoms with van der Waals surface area (Å²) in [7, 11) is 1.63. The summed E-state index contributed by atoms with van der Waals surface area (Å²) in [5, 5.41) is 9.23. The average molecular weight is 222 g/mol. The molecular formula is C13H18O3. The minimum Gasteiger partial charge on any atom is -0.493 e. The van der Waals surface area contributed by atoms with Crippen LogP contribution in [0.4, 0.5) is 0 Å². The van der Waals surface area contributed by atoms with Gasteiger partial charge in [0.05, 0.1) is 13.7 Å².